The third kappa shape index (κ3) is 4.05. The number of hydrogen-bond acceptors (Lipinski definition) is 5. The molecule has 0 spiro atoms. The molecule has 0 unspecified atom stereocenters. The van der Waals surface area contributed by atoms with E-state index in [4.69, 9.17) is 5.11 Å². The number of rotatable bonds is 4. The normalized spacial score (nSPS) is 11.6. The molecule has 0 radical (unpaired) electrons. The maximum atomic E-state index is 10.6. The van der Waals surface area contributed by atoms with Gasteiger partial charge >= 0.3 is 5.97 Å². The molecule has 0 saturated heterocycles. The summed E-state index contributed by atoms with van der Waals surface area (Å²) in [6.45, 7) is 6.45. The predicted molar refractivity (Wildman–Crippen MR) is 80.5 cm³/mol. The van der Waals surface area contributed by atoms with Gasteiger partial charge in [0.15, 0.2) is 4.34 Å². The molecule has 0 bridgehead atoms. The molecule has 0 fully saturated rings. The van der Waals surface area contributed by atoms with Crippen molar-refractivity contribution < 1.29 is 9.90 Å². The topological polar surface area (TPSA) is 63.1 Å². The zero-order chi connectivity index (χ0) is 14.8. The summed E-state index contributed by atoms with van der Waals surface area (Å²) in [6, 6.07) is 4.05. The Hall–Kier alpha value is -1.40. The first-order valence-electron chi connectivity index (χ1n) is 6.15. The second kappa shape index (κ2) is 5.93. The first-order valence-corrected chi connectivity index (χ1v) is 7.85. The molecule has 6 heteroatoms. The third-order valence-electron chi connectivity index (χ3n) is 2.66. The van der Waals surface area contributed by atoms with Gasteiger partial charge < -0.3 is 5.11 Å². The molecule has 106 valence electrons. The van der Waals surface area contributed by atoms with E-state index >= 15 is 0 Å². The molecule has 2 aromatic rings. The van der Waals surface area contributed by atoms with Crippen LogP contribution in [0.1, 0.15) is 32.0 Å². The summed E-state index contributed by atoms with van der Waals surface area (Å²) in [4.78, 5) is 19.3. The fourth-order valence-electron chi connectivity index (χ4n) is 1.55. The Morgan fingerprint density at radius 3 is 2.70 bits per heavy atom. The number of aliphatic carboxylic acids is 1. The minimum Gasteiger partial charge on any atom is -0.481 e. The van der Waals surface area contributed by atoms with Crippen LogP contribution in [0.5, 0.6) is 0 Å². The largest absolute Gasteiger partial charge is 0.481 e. The van der Waals surface area contributed by atoms with Crippen molar-refractivity contribution >= 4 is 29.1 Å². The van der Waals surface area contributed by atoms with E-state index in [1.165, 1.54) is 28.7 Å². The predicted octanol–water partition coefficient (Wildman–Crippen LogP) is 3.61. The van der Waals surface area contributed by atoms with Crippen LogP contribution in [-0.4, -0.2) is 21.0 Å². The molecule has 20 heavy (non-hydrogen) atoms. The highest BCUT2D eigenvalue weighted by atomic mass is 32.2. The Labute approximate surface area is 126 Å². The van der Waals surface area contributed by atoms with E-state index in [9.17, 15) is 4.79 Å². The second-order valence-corrected chi connectivity index (χ2v) is 7.54. The fraction of sp³-hybridized carbons (Fsp3) is 0.357. The molecule has 2 heterocycles. The van der Waals surface area contributed by atoms with Gasteiger partial charge in [0.2, 0.25) is 0 Å². The van der Waals surface area contributed by atoms with Crippen LogP contribution < -0.4 is 0 Å². The number of thiazole rings is 1. The quantitative estimate of drug-likeness (QED) is 0.934. The van der Waals surface area contributed by atoms with E-state index in [0.29, 0.717) is 5.69 Å². The van der Waals surface area contributed by atoms with Crippen molar-refractivity contribution in [3.63, 3.8) is 0 Å². The van der Waals surface area contributed by atoms with E-state index in [1.54, 1.807) is 5.38 Å². The Kier molecular flexibility index (Phi) is 4.45. The summed E-state index contributed by atoms with van der Waals surface area (Å²) in [5, 5.41) is 11.4. The highest BCUT2D eigenvalue weighted by Crippen LogP contribution is 2.30. The van der Waals surface area contributed by atoms with Crippen LogP contribution in [0.3, 0.4) is 0 Å². The molecule has 0 aliphatic rings. The number of nitrogens with zero attached hydrogens (tertiary/aromatic N) is 2. The maximum Gasteiger partial charge on any atom is 0.309 e. The molecule has 2 rings (SSSR count). The average molecular weight is 308 g/mol. The Morgan fingerprint density at radius 2 is 2.15 bits per heavy atom. The van der Waals surface area contributed by atoms with Gasteiger partial charge in [-0.2, -0.15) is 0 Å². The summed E-state index contributed by atoms with van der Waals surface area (Å²) in [5.41, 5.74) is 1.87. The minimum absolute atomic E-state index is 0.0343. The standard InChI is InChI=1S/C14H16N2O2S2/c1-14(2,3)9-4-5-11(15-7-9)20-13-16-10(8-19-13)6-12(17)18/h4-5,7-8H,6H2,1-3H3,(H,17,18). The van der Waals surface area contributed by atoms with Crippen LogP contribution in [-0.2, 0) is 16.6 Å². The van der Waals surface area contributed by atoms with Crippen LogP contribution in [0.15, 0.2) is 33.1 Å². The zero-order valence-electron chi connectivity index (χ0n) is 11.6. The zero-order valence-corrected chi connectivity index (χ0v) is 13.2. The average Bonchev–Trinajstić information content (AvgIpc) is 2.75. The van der Waals surface area contributed by atoms with Crippen molar-refractivity contribution in [2.45, 2.75) is 42.0 Å². The lowest BCUT2D eigenvalue weighted by Crippen LogP contribution is -2.11. The van der Waals surface area contributed by atoms with Crippen LogP contribution >= 0.6 is 23.1 Å². The van der Waals surface area contributed by atoms with Crippen molar-refractivity contribution in [3.8, 4) is 0 Å². The molecule has 2 aromatic heterocycles. The number of aromatic nitrogens is 2. The lowest BCUT2D eigenvalue weighted by molar-refractivity contribution is -0.136. The van der Waals surface area contributed by atoms with Crippen molar-refractivity contribution in [3.05, 3.63) is 35.0 Å². The van der Waals surface area contributed by atoms with Crippen LogP contribution in [0.4, 0.5) is 0 Å². The van der Waals surface area contributed by atoms with Crippen LogP contribution in [0.25, 0.3) is 0 Å². The first kappa shape index (κ1) is 15.0. The van der Waals surface area contributed by atoms with Gasteiger partial charge in [-0.05, 0) is 28.8 Å². The Bertz CT molecular complexity index is 600. The second-order valence-electron chi connectivity index (χ2n) is 5.41. The fourth-order valence-corrected chi connectivity index (χ4v) is 3.26. The molecule has 0 aromatic carbocycles. The van der Waals surface area contributed by atoms with Gasteiger partial charge in [0.1, 0.15) is 5.03 Å². The number of carbonyl (C=O) groups is 1. The van der Waals surface area contributed by atoms with Gasteiger partial charge in [-0.1, -0.05) is 26.8 Å². The molecular weight excluding hydrogens is 292 g/mol. The SMILES string of the molecule is CC(C)(C)c1ccc(Sc2nc(CC(=O)O)cs2)nc1. The van der Waals surface area contributed by atoms with Crippen molar-refractivity contribution in [1.29, 1.82) is 0 Å². The van der Waals surface area contributed by atoms with Gasteiger partial charge in [0, 0.05) is 11.6 Å². The molecule has 0 atom stereocenters. The molecule has 0 aliphatic heterocycles. The summed E-state index contributed by atoms with van der Waals surface area (Å²) in [5.74, 6) is -0.862. The highest BCUT2D eigenvalue weighted by molar-refractivity contribution is 8.01. The van der Waals surface area contributed by atoms with Crippen LogP contribution in [0, 0.1) is 0 Å². The van der Waals surface area contributed by atoms with Crippen LogP contribution in [0.2, 0.25) is 0 Å². The summed E-state index contributed by atoms with van der Waals surface area (Å²) in [7, 11) is 0. The van der Waals surface area contributed by atoms with E-state index in [-0.39, 0.29) is 11.8 Å². The summed E-state index contributed by atoms with van der Waals surface area (Å²) in [6.07, 6.45) is 1.85. The van der Waals surface area contributed by atoms with Crippen molar-refractivity contribution in [2.75, 3.05) is 0 Å². The Balaban J connectivity index is 2.06. The van der Waals surface area contributed by atoms with E-state index in [0.717, 1.165) is 9.37 Å². The maximum absolute atomic E-state index is 10.6. The molecule has 0 saturated carbocycles. The number of pyridine rings is 1. The minimum atomic E-state index is -0.862. The van der Waals surface area contributed by atoms with Gasteiger partial charge in [-0.3, -0.25) is 4.79 Å². The number of carboxylic acids is 1. The molecule has 4 nitrogen and oxygen atoms in total. The summed E-state index contributed by atoms with van der Waals surface area (Å²) >= 11 is 2.90. The van der Waals surface area contributed by atoms with E-state index < -0.39 is 5.97 Å². The molecule has 0 aliphatic carbocycles. The van der Waals surface area contributed by atoms with Gasteiger partial charge in [-0.15, -0.1) is 11.3 Å². The van der Waals surface area contributed by atoms with Gasteiger partial charge in [-0.25, -0.2) is 9.97 Å². The van der Waals surface area contributed by atoms with Gasteiger partial charge in [0.05, 0.1) is 12.1 Å². The highest BCUT2D eigenvalue weighted by Gasteiger charge is 2.14. The lowest BCUT2D eigenvalue weighted by atomic mass is 9.88. The Morgan fingerprint density at radius 1 is 1.40 bits per heavy atom. The smallest absolute Gasteiger partial charge is 0.309 e. The van der Waals surface area contributed by atoms with Gasteiger partial charge in [0.25, 0.3) is 0 Å². The molecular formula is C14H16N2O2S2. The van der Waals surface area contributed by atoms with E-state index in [2.05, 4.69) is 36.8 Å². The molecule has 0 amide bonds. The third-order valence-corrected chi connectivity index (χ3v) is 4.60. The summed E-state index contributed by atoms with van der Waals surface area (Å²) < 4.78 is 0.817. The van der Waals surface area contributed by atoms with Crippen molar-refractivity contribution in [1.82, 2.24) is 9.97 Å². The van der Waals surface area contributed by atoms with E-state index in [1.807, 2.05) is 12.3 Å². The molecule has 1 N–H and O–H groups in total. The lowest BCUT2D eigenvalue weighted by Gasteiger charge is -2.18. The monoisotopic (exact) mass is 308 g/mol. The van der Waals surface area contributed by atoms with Crippen molar-refractivity contribution in [2.24, 2.45) is 0 Å². The first-order chi connectivity index (χ1) is 9.34. The number of hydrogen-bond donors (Lipinski definition) is 1. The number of carboxylic acid groups (broad SMARTS) is 1.